The van der Waals surface area contributed by atoms with E-state index in [-0.39, 0.29) is 12.0 Å². The van der Waals surface area contributed by atoms with Gasteiger partial charge in [0.05, 0.1) is 0 Å². The van der Waals surface area contributed by atoms with Gasteiger partial charge < -0.3 is 5.11 Å². The summed E-state index contributed by atoms with van der Waals surface area (Å²) in [6, 6.07) is 8.58. The molecular formula is C14H22O. The molecule has 84 valence electrons. The Balaban J connectivity index is 2.71. The van der Waals surface area contributed by atoms with Crippen LogP contribution in [0.25, 0.3) is 0 Å². The number of rotatable bonds is 3. The molecule has 0 bridgehead atoms. The van der Waals surface area contributed by atoms with Crippen LogP contribution in [0.4, 0.5) is 0 Å². The van der Waals surface area contributed by atoms with Crippen molar-refractivity contribution in [3.63, 3.8) is 0 Å². The lowest BCUT2D eigenvalue weighted by Gasteiger charge is -2.29. The molecule has 0 amide bonds. The molecule has 1 aromatic carbocycles. The molecule has 0 heterocycles. The molecule has 0 aliphatic rings. The van der Waals surface area contributed by atoms with Gasteiger partial charge in [-0.05, 0) is 30.2 Å². The molecule has 1 aromatic rings. The quantitative estimate of drug-likeness (QED) is 0.805. The fourth-order valence-electron chi connectivity index (χ4n) is 1.65. The highest BCUT2D eigenvalue weighted by Gasteiger charge is 2.23. The van der Waals surface area contributed by atoms with Gasteiger partial charge in [-0.25, -0.2) is 0 Å². The molecule has 0 fully saturated rings. The predicted octanol–water partition coefficient (Wildman–Crippen LogP) is 3.19. The maximum atomic E-state index is 9.38. The standard InChI is InChI=1S/C14H22O/c1-11-5-7-12(8-6-11)9-13(10-15)14(2,3)4/h5-8,13,15H,9-10H2,1-4H3/t13-/m0/s1. The fraction of sp³-hybridized carbons (Fsp3) is 0.571. The molecule has 0 aliphatic heterocycles. The van der Waals surface area contributed by atoms with Gasteiger partial charge in [0, 0.05) is 6.61 Å². The van der Waals surface area contributed by atoms with Crippen molar-refractivity contribution >= 4 is 0 Å². The van der Waals surface area contributed by atoms with Crippen LogP contribution in [0.1, 0.15) is 31.9 Å². The van der Waals surface area contributed by atoms with E-state index in [0.717, 1.165) is 6.42 Å². The molecule has 0 aliphatic carbocycles. The van der Waals surface area contributed by atoms with Gasteiger partial charge in [0.25, 0.3) is 0 Å². The smallest absolute Gasteiger partial charge is 0.0467 e. The number of hydrogen-bond donors (Lipinski definition) is 1. The molecule has 1 heteroatoms. The summed E-state index contributed by atoms with van der Waals surface area (Å²) < 4.78 is 0. The van der Waals surface area contributed by atoms with E-state index in [9.17, 15) is 5.11 Å². The second-order valence-corrected chi connectivity index (χ2v) is 5.44. The predicted molar refractivity (Wildman–Crippen MR) is 64.9 cm³/mol. The summed E-state index contributed by atoms with van der Waals surface area (Å²) in [4.78, 5) is 0. The largest absolute Gasteiger partial charge is 0.396 e. The SMILES string of the molecule is Cc1ccc(C[C@@H](CO)C(C)(C)C)cc1. The first kappa shape index (κ1) is 12.3. The summed E-state index contributed by atoms with van der Waals surface area (Å²) >= 11 is 0. The third-order valence-electron chi connectivity index (χ3n) is 3.05. The molecular weight excluding hydrogens is 184 g/mol. The normalized spacial score (nSPS) is 13.9. The van der Waals surface area contributed by atoms with Crippen LogP contribution in [0.3, 0.4) is 0 Å². The lowest BCUT2D eigenvalue weighted by Crippen LogP contribution is -2.25. The molecule has 0 radical (unpaired) electrons. The number of benzene rings is 1. The van der Waals surface area contributed by atoms with Gasteiger partial charge in [0.1, 0.15) is 0 Å². The number of hydrogen-bond acceptors (Lipinski definition) is 1. The number of aliphatic hydroxyl groups is 1. The van der Waals surface area contributed by atoms with Crippen LogP contribution in [0.2, 0.25) is 0 Å². The molecule has 1 N–H and O–H groups in total. The summed E-state index contributed by atoms with van der Waals surface area (Å²) in [6.07, 6.45) is 0.959. The summed E-state index contributed by atoms with van der Waals surface area (Å²) in [6.45, 7) is 8.90. The fourth-order valence-corrected chi connectivity index (χ4v) is 1.65. The van der Waals surface area contributed by atoms with Crippen LogP contribution in [0.5, 0.6) is 0 Å². The van der Waals surface area contributed by atoms with E-state index < -0.39 is 0 Å². The van der Waals surface area contributed by atoms with Crippen LogP contribution in [0, 0.1) is 18.3 Å². The highest BCUT2D eigenvalue weighted by atomic mass is 16.3. The average Bonchev–Trinajstić information content (AvgIpc) is 2.15. The van der Waals surface area contributed by atoms with E-state index >= 15 is 0 Å². The minimum Gasteiger partial charge on any atom is -0.396 e. The van der Waals surface area contributed by atoms with Crippen molar-refractivity contribution in [2.75, 3.05) is 6.61 Å². The molecule has 0 saturated heterocycles. The molecule has 15 heavy (non-hydrogen) atoms. The van der Waals surface area contributed by atoms with Gasteiger partial charge in [0.2, 0.25) is 0 Å². The second kappa shape index (κ2) is 4.80. The van der Waals surface area contributed by atoms with Gasteiger partial charge in [-0.15, -0.1) is 0 Å². The first-order valence-corrected chi connectivity index (χ1v) is 5.60. The van der Waals surface area contributed by atoms with Gasteiger partial charge in [0.15, 0.2) is 0 Å². The number of aliphatic hydroxyl groups excluding tert-OH is 1. The maximum absolute atomic E-state index is 9.38. The van der Waals surface area contributed by atoms with Crippen molar-refractivity contribution in [1.82, 2.24) is 0 Å². The summed E-state index contributed by atoms with van der Waals surface area (Å²) in [7, 11) is 0. The Morgan fingerprint density at radius 2 is 1.67 bits per heavy atom. The van der Waals surface area contributed by atoms with E-state index in [0.29, 0.717) is 5.92 Å². The molecule has 0 spiro atoms. The van der Waals surface area contributed by atoms with Crippen LogP contribution in [0.15, 0.2) is 24.3 Å². The van der Waals surface area contributed by atoms with Gasteiger partial charge in [-0.2, -0.15) is 0 Å². The van der Waals surface area contributed by atoms with Gasteiger partial charge in [-0.1, -0.05) is 50.6 Å². The lowest BCUT2D eigenvalue weighted by molar-refractivity contribution is 0.131. The monoisotopic (exact) mass is 206 g/mol. The first-order valence-electron chi connectivity index (χ1n) is 5.60. The second-order valence-electron chi connectivity index (χ2n) is 5.44. The molecule has 1 atom stereocenters. The average molecular weight is 206 g/mol. The van der Waals surface area contributed by atoms with Crippen molar-refractivity contribution in [1.29, 1.82) is 0 Å². The van der Waals surface area contributed by atoms with Gasteiger partial charge >= 0.3 is 0 Å². The topological polar surface area (TPSA) is 20.2 Å². The Kier molecular flexibility index (Phi) is 3.92. The maximum Gasteiger partial charge on any atom is 0.0467 e. The van der Waals surface area contributed by atoms with Crippen molar-refractivity contribution in [3.05, 3.63) is 35.4 Å². The van der Waals surface area contributed by atoms with E-state index in [4.69, 9.17) is 0 Å². The number of aryl methyl sites for hydroxylation is 1. The van der Waals surface area contributed by atoms with Crippen molar-refractivity contribution < 1.29 is 5.11 Å². The third-order valence-corrected chi connectivity index (χ3v) is 3.05. The van der Waals surface area contributed by atoms with Crippen LogP contribution in [-0.2, 0) is 6.42 Å². The van der Waals surface area contributed by atoms with E-state index in [1.807, 2.05) is 0 Å². The summed E-state index contributed by atoms with van der Waals surface area (Å²) in [5, 5.41) is 9.38. The minimum absolute atomic E-state index is 0.166. The van der Waals surface area contributed by atoms with E-state index in [2.05, 4.69) is 52.0 Å². The van der Waals surface area contributed by atoms with Crippen molar-refractivity contribution in [2.45, 2.75) is 34.1 Å². The summed E-state index contributed by atoms with van der Waals surface area (Å²) in [5.74, 6) is 0.334. The Hall–Kier alpha value is -0.820. The zero-order valence-corrected chi connectivity index (χ0v) is 10.2. The van der Waals surface area contributed by atoms with Crippen LogP contribution >= 0.6 is 0 Å². The Labute approximate surface area is 93.1 Å². The molecule has 0 aromatic heterocycles. The summed E-state index contributed by atoms with van der Waals surface area (Å²) in [5.41, 5.74) is 2.77. The van der Waals surface area contributed by atoms with Crippen LogP contribution < -0.4 is 0 Å². The first-order chi connectivity index (χ1) is 6.93. The Bertz CT molecular complexity index is 292. The molecule has 1 rings (SSSR count). The van der Waals surface area contributed by atoms with Crippen molar-refractivity contribution in [3.8, 4) is 0 Å². The Morgan fingerprint density at radius 3 is 2.07 bits per heavy atom. The van der Waals surface area contributed by atoms with Crippen molar-refractivity contribution in [2.24, 2.45) is 11.3 Å². The highest BCUT2D eigenvalue weighted by Crippen LogP contribution is 2.28. The molecule has 0 saturated carbocycles. The lowest BCUT2D eigenvalue weighted by atomic mass is 9.78. The zero-order valence-electron chi connectivity index (χ0n) is 10.2. The zero-order chi connectivity index (χ0) is 11.5. The van der Waals surface area contributed by atoms with Gasteiger partial charge in [-0.3, -0.25) is 0 Å². The highest BCUT2D eigenvalue weighted by molar-refractivity contribution is 5.21. The van der Waals surface area contributed by atoms with E-state index in [1.54, 1.807) is 0 Å². The minimum atomic E-state index is 0.166. The van der Waals surface area contributed by atoms with Crippen LogP contribution in [-0.4, -0.2) is 11.7 Å². The third kappa shape index (κ3) is 3.67. The van der Waals surface area contributed by atoms with E-state index in [1.165, 1.54) is 11.1 Å². The molecule has 1 nitrogen and oxygen atoms in total. The Morgan fingerprint density at radius 1 is 1.13 bits per heavy atom. The molecule has 0 unspecified atom stereocenters.